The first-order chi connectivity index (χ1) is 7.56. The maximum Gasteiger partial charge on any atom is 0.0220 e. The van der Waals surface area contributed by atoms with Gasteiger partial charge in [0, 0.05) is 17.8 Å². The lowest BCUT2D eigenvalue weighted by atomic mass is 10.3. The average Bonchev–Trinajstić information content (AvgIpc) is 2.77. The van der Waals surface area contributed by atoms with Crippen LogP contribution in [0.3, 0.4) is 0 Å². The molecule has 0 aliphatic rings. The summed E-state index contributed by atoms with van der Waals surface area (Å²) in [6.45, 7) is 12.1. The van der Waals surface area contributed by atoms with Gasteiger partial charge >= 0.3 is 0 Å². The second-order valence-corrected chi connectivity index (χ2v) is 6.22. The van der Waals surface area contributed by atoms with Crippen LogP contribution >= 0.6 is 23.3 Å². The fourth-order valence-electron chi connectivity index (χ4n) is 0.553. The van der Waals surface area contributed by atoms with Crippen molar-refractivity contribution in [2.45, 2.75) is 39.4 Å². The Kier molecular flexibility index (Phi) is 14.9. The minimum absolute atomic E-state index is 0.301. The highest BCUT2D eigenvalue weighted by Crippen LogP contribution is 2.18. The van der Waals surface area contributed by atoms with E-state index in [1.165, 1.54) is 0 Å². The van der Waals surface area contributed by atoms with E-state index in [4.69, 9.17) is 5.73 Å². The zero-order valence-corrected chi connectivity index (χ0v) is 12.8. The lowest BCUT2D eigenvalue weighted by Crippen LogP contribution is -2.22. The molecule has 1 aromatic heterocycles. The molecule has 0 amide bonds. The Morgan fingerprint density at radius 3 is 1.94 bits per heavy atom. The Hall–Kier alpha value is -0.0300. The number of hydrogen-bond donors (Lipinski definition) is 2. The van der Waals surface area contributed by atoms with Crippen LogP contribution in [0.1, 0.15) is 34.6 Å². The summed E-state index contributed by atoms with van der Waals surface area (Å²) in [5, 5.41) is 4.08. The highest BCUT2D eigenvalue weighted by atomic mass is 32.2. The first kappa shape index (κ1) is 18.3. The van der Waals surface area contributed by atoms with Crippen molar-refractivity contribution >= 4 is 23.3 Å². The lowest BCUT2D eigenvalue weighted by molar-refractivity contribution is 0.786. The summed E-state index contributed by atoms with van der Waals surface area (Å²) in [5.74, 6) is 0. The van der Waals surface area contributed by atoms with Crippen LogP contribution in [-0.2, 0) is 0 Å². The highest BCUT2D eigenvalue weighted by molar-refractivity contribution is 7.98. The molecule has 0 atom stereocenters. The highest BCUT2D eigenvalue weighted by Gasteiger charge is 2.08. The van der Waals surface area contributed by atoms with Crippen molar-refractivity contribution in [3.8, 4) is 0 Å². The summed E-state index contributed by atoms with van der Waals surface area (Å²) in [5.41, 5.74) is 5.28. The molecule has 0 unspecified atom stereocenters. The lowest BCUT2D eigenvalue weighted by Gasteiger charge is -2.16. The molecular formula is C12H26N2S2. The molecule has 2 nitrogen and oxygen atoms in total. The summed E-state index contributed by atoms with van der Waals surface area (Å²) in [4.78, 5) is 0. The minimum Gasteiger partial charge on any atom is -0.329 e. The molecule has 4 heteroatoms. The van der Waals surface area contributed by atoms with E-state index in [0.717, 1.165) is 6.54 Å². The smallest absolute Gasteiger partial charge is 0.0220 e. The van der Waals surface area contributed by atoms with Crippen LogP contribution < -0.4 is 10.5 Å². The molecule has 0 saturated heterocycles. The van der Waals surface area contributed by atoms with E-state index in [1.54, 1.807) is 23.3 Å². The molecular weight excluding hydrogens is 236 g/mol. The fraction of sp³-hybridized carbons (Fsp3) is 0.667. The fourth-order valence-corrected chi connectivity index (χ4v) is 1.66. The van der Waals surface area contributed by atoms with E-state index in [2.05, 4.69) is 25.5 Å². The number of nitrogens with one attached hydrogen (secondary N) is 1. The van der Waals surface area contributed by atoms with Crippen LogP contribution in [0.4, 0.5) is 0 Å². The third-order valence-corrected chi connectivity index (χ3v) is 2.64. The molecule has 0 aromatic carbocycles. The van der Waals surface area contributed by atoms with Crippen molar-refractivity contribution in [1.82, 2.24) is 4.72 Å². The number of nitrogens with two attached hydrogens (primary N) is 1. The van der Waals surface area contributed by atoms with Crippen molar-refractivity contribution in [1.29, 1.82) is 0 Å². The van der Waals surface area contributed by atoms with Gasteiger partial charge in [-0.1, -0.05) is 37.9 Å². The zero-order chi connectivity index (χ0) is 12.9. The molecule has 0 aliphatic heterocycles. The predicted octanol–water partition coefficient (Wildman–Crippen LogP) is 3.76. The average molecular weight is 262 g/mol. The van der Waals surface area contributed by atoms with Crippen LogP contribution in [0.25, 0.3) is 0 Å². The van der Waals surface area contributed by atoms with Crippen LogP contribution in [0.5, 0.6) is 0 Å². The summed E-state index contributed by atoms with van der Waals surface area (Å²) >= 11 is 3.44. The molecule has 1 aromatic rings. The molecule has 0 fully saturated rings. The summed E-state index contributed by atoms with van der Waals surface area (Å²) in [6.07, 6.45) is 0. The first-order valence-corrected chi connectivity index (χ1v) is 7.40. The van der Waals surface area contributed by atoms with Gasteiger partial charge < -0.3 is 5.73 Å². The number of thiophene rings is 1. The molecule has 1 rings (SSSR count). The van der Waals surface area contributed by atoms with E-state index < -0.39 is 0 Å². The van der Waals surface area contributed by atoms with Gasteiger partial charge in [-0.3, -0.25) is 4.72 Å². The monoisotopic (exact) mass is 262 g/mol. The van der Waals surface area contributed by atoms with Crippen molar-refractivity contribution in [3.63, 3.8) is 0 Å². The van der Waals surface area contributed by atoms with Gasteiger partial charge in [0.25, 0.3) is 0 Å². The van der Waals surface area contributed by atoms with Crippen LogP contribution in [-0.4, -0.2) is 17.8 Å². The van der Waals surface area contributed by atoms with Gasteiger partial charge in [-0.2, -0.15) is 11.3 Å². The van der Waals surface area contributed by atoms with Crippen LogP contribution in [0.2, 0.25) is 0 Å². The minimum atomic E-state index is 0.301. The standard InChI is InChI=1S/C6H16N2S.C4H4S.C2H6/c1-6(2,3)9-8-5-4-7;1-2-4-5-3-1;1-2/h8H,4-5,7H2,1-3H3;1-4H;1-2H3. The van der Waals surface area contributed by atoms with Crippen molar-refractivity contribution in [2.24, 2.45) is 5.73 Å². The quantitative estimate of drug-likeness (QED) is 0.643. The third kappa shape index (κ3) is 19.5. The third-order valence-electron chi connectivity index (χ3n) is 1.05. The van der Waals surface area contributed by atoms with Crippen molar-refractivity contribution < 1.29 is 0 Å². The van der Waals surface area contributed by atoms with Gasteiger partial charge in [0.15, 0.2) is 0 Å². The summed E-state index contributed by atoms with van der Waals surface area (Å²) < 4.78 is 3.47. The largest absolute Gasteiger partial charge is 0.329 e. The van der Waals surface area contributed by atoms with Gasteiger partial charge in [-0.15, -0.1) is 0 Å². The van der Waals surface area contributed by atoms with E-state index in [-0.39, 0.29) is 0 Å². The molecule has 96 valence electrons. The molecule has 0 saturated carbocycles. The molecule has 0 aliphatic carbocycles. The topological polar surface area (TPSA) is 38.0 Å². The SMILES string of the molecule is CC.CC(C)(C)SNCCN.c1ccsc1. The van der Waals surface area contributed by atoms with Gasteiger partial charge in [0.05, 0.1) is 0 Å². The molecule has 0 radical (unpaired) electrons. The zero-order valence-electron chi connectivity index (χ0n) is 11.1. The summed E-state index contributed by atoms with van der Waals surface area (Å²) in [6, 6.07) is 4.04. The predicted molar refractivity (Wildman–Crippen MR) is 80.1 cm³/mol. The van der Waals surface area contributed by atoms with E-state index >= 15 is 0 Å². The van der Waals surface area contributed by atoms with Crippen molar-refractivity contribution in [3.05, 3.63) is 22.9 Å². The Bertz CT molecular complexity index is 176. The van der Waals surface area contributed by atoms with E-state index in [9.17, 15) is 0 Å². The first-order valence-electron chi connectivity index (χ1n) is 5.64. The van der Waals surface area contributed by atoms with Gasteiger partial charge in [-0.25, -0.2) is 0 Å². The Labute approximate surface area is 109 Å². The molecule has 0 spiro atoms. The van der Waals surface area contributed by atoms with Gasteiger partial charge in [0.1, 0.15) is 0 Å². The molecule has 1 heterocycles. The maximum atomic E-state index is 5.28. The molecule has 0 bridgehead atoms. The van der Waals surface area contributed by atoms with E-state index in [0.29, 0.717) is 11.3 Å². The van der Waals surface area contributed by atoms with Gasteiger partial charge in [0.2, 0.25) is 0 Å². The Balaban J connectivity index is 0. The van der Waals surface area contributed by atoms with E-state index in [1.807, 2.05) is 36.7 Å². The second-order valence-electron chi connectivity index (χ2n) is 3.69. The normalized spacial score (nSPS) is 9.62. The number of hydrogen-bond acceptors (Lipinski definition) is 4. The Morgan fingerprint density at radius 1 is 1.19 bits per heavy atom. The van der Waals surface area contributed by atoms with Crippen LogP contribution in [0, 0.1) is 0 Å². The number of rotatable bonds is 3. The second kappa shape index (κ2) is 13.0. The van der Waals surface area contributed by atoms with Crippen LogP contribution in [0.15, 0.2) is 22.9 Å². The summed E-state index contributed by atoms with van der Waals surface area (Å²) in [7, 11) is 0. The Morgan fingerprint density at radius 2 is 1.69 bits per heavy atom. The molecule has 3 N–H and O–H groups in total. The molecule has 16 heavy (non-hydrogen) atoms. The maximum absolute atomic E-state index is 5.28. The van der Waals surface area contributed by atoms with Crippen molar-refractivity contribution in [2.75, 3.05) is 13.1 Å². The van der Waals surface area contributed by atoms with Gasteiger partial charge in [-0.05, 0) is 31.5 Å².